The summed E-state index contributed by atoms with van der Waals surface area (Å²) in [7, 11) is 0. The maximum atomic E-state index is 12.7. The summed E-state index contributed by atoms with van der Waals surface area (Å²) in [4.78, 5) is 33.2. The number of piperidine rings is 1. The van der Waals surface area contributed by atoms with E-state index in [4.69, 9.17) is 19.8 Å². The molecule has 3 N–H and O–H groups in total. The zero-order valence-corrected chi connectivity index (χ0v) is 17.9. The number of carboxylic acids is 2. The molecule has 1 heterocycles. The van der Waals surface area contributed by atoms with Crippen LogP contribution in [0.5, 0.6) is 0 Å². The highest BCUT2D eigenvalue weighted by molar-refractivity contribution is 6.27. The molecule has 0 aromatic heterocycles. The van der Waals surface area contributed by atoms with Crippen LogP contribution in [0.2, 0.25) is 0 Å². The third-order valence-electron chi connectivity index (χ3n) is 5.07. The Labute approximate surface area is 182 Å². The molecule has 2 unspecified atom stereocenters. The smallest absolute Gasteiger partial charge is 0.414 e. The monoisotopic (exact) mass is 426 g/mol. The lowest BCUT2D eigenvalue weighted by Crippen LogP contribution is -2.45. The minimum atomic E-state index is -1.82. The largest absolute Gasteiger partial charge is 0.473 e. The molecule has 1 amide bonds. The summed E-state index contributed by atoms with van der Waals surface area (Å²) >= 11 is 0. The number of hydrogen-bond acceptors (Lipinski definition) is 4. The van der Waals surface area contributed by atoms with Crippen LogP contribution in [-0.2, 0) is 14.4 Å². The molecule has 0 bridgehead atoms. The van der Waals surface area contributed by atoms with E-state index in [0.29, 0.717) is 18.4 Å². The van der Waals surface area contributed by atoms with Crippen molar-refractivity contribution in [2.24, 2.45) is 11.8 Å². The quantitative estimate of drug-likeness (QED) is 0.635. The Kier molecular flexibility index (Phi) is 9.21. The van der Waals surface area contributed by atoms with Crippen LogP contribution < -0.4 is 5.32 Å². The molecule has 1 aliphatic rings. The topological polar surface area (TPSA) is 107 Å². The second-order valence-corrected chi connectivity index (χ2v) is 8.07. The van der Waals surface area contributed by atoms with E-state index in [0.717, 1.165) is 24.2 Å². The maximum Gasteiger partial charge on any atom is 0.414 e. The Hall–Kier alpha value is -3.19. The number of carbonyl (C=O) groups is 3. The molecular formula is C24H30N2O5. The predicted octanol–water partition coefficient (Wildman–Crippen LogP) is 3.03. The Balaban J connectivity index is 0.000000501. The van der Waals surface area contributed by atoms with Crippen LogP contribution in [0, 0.1) is 11.8 Å². The van der Waals surface area contributed by atoms with Gasteiger partial charge in [-0.3, -0.25) is 9.69 Å². The molecule has 31 heavy (non-hydrogen) atoms. The number of nitrogens with one attached hydrogen (secondary N) is 1. The van der Waals surface area contributed by atoms with Gasteiger partial charge in [0.25, 0.3) is 0 Å². The lowest BCUT2D eigenvalue weighted by Gasteiger charge is -2.34. The van der Waals surface area contributed by atoms with Crippen LogP contribution in [0.25, 0.3) is 0 Å². The molecule has 0 spiro atoms. The van der Waals surface area contributed by atoms with Crippen molar-refractivity contribution in [1.29, 1.82) is 0 Å². The number of hydrogen-bond donors (Lipinski definition) is 3. The Bertz CT molecular complexity index is 795. The number of carboxylic acid groups (broad SMARTS) is 2. The molecular weight excluding hydrogens is 396 g/mol. The van der Waals surface area contributed by atoms with Gasteiger partial charge < -0.3 is 15.5 Å². The first-order valence-corrected chi connectivity index (χ1v) is 10.3. The number of likely N-dealkylation sites (tertiary alicyclic amines) is 1. The second-order valence-electron chi connectivity index (χ2n) is 8.07. The van der Waals surface area contributed by atoms with E-state index in [-0.39, 0.29) is 11.9 Å². The lowest BCUT2D eigenvalue weighted by molar-refractivity contribution is -0.159. The molecule has 1 aliphatic heterocycles. The molecule has 7 heteroatoms. The summed E-state index contributed by atoms with van der Waals surface area (Å²) in [5.74, 6) is -2.23. The van der Waals surface area contributed by atoms with E-state index in [1.54, 1.807) is 0 Å². The van der Waals surface area contributed by atoms with E-state index in [2.05, 4.69) is 48.3 Å². The van der Waals surface area contributed by atoms with Crippen LogP contribution in [0.3, 0.4) is 0 Å². The zero-order chi connectivity index (χ0) is 22.8. The fourth-order valence-corrected chi connectivity index (χ4v) is 3.98. The van der Waals surface area contributed by atoms with Gasteiger partial charge in [-0.15, -0.1) is 0 Å². The second kappa shape index (κ2) is 11.9. The molecule has 166 valence electrons. The highest BCUT2D eigenvalue weighted by atomic mass is 16.4. The normalized spacial score (nSPS) is 18.5. The first kappa shape index (κ1) is 24.1. The number of benzene rings is 2. The van der Waals surface area contributed by atoms with Crippen LogP contribution in [0.15, 0.2) is 60.7 Å². The van der Waals surface area contributed by atoms with E-state index in [9.17, 15) is 4.79 Å². The standard InChI is InChI=1S/C22H28N2O.C2H2O4/c1-17-13-18(2)15-24(14-17)16-21(25)23-22(19-9-5-3-6-10-19)20-11-7-4-8-12-20;3-1(4)2(5)6/h3-12,17-18,22H,13-16H2,1-2H3,(H,23,25);(H,3,4)(H,5,6). The van der Waals surface area contributed by atoms with Crippen LogP contribution >= 0.6 is 0 Å². The van der Waals surface area contributed by atoms with Crippen molar-refractivity contribution >= 4 is 17.8 Å². The fourth-order valence-electron chi connectivity index (χ4n) is 3.98. The summed E-state index contributed by atoms with van der Waals surface area (Å²) in [5, 5.41) is 18.0. The molecule has 1 saturated heterocycles. The molecule has 0 radical (unpaired) electrons. The minimum Gasteiger partial charge on any atom is -0.473 e. The molecule has 2 aromatic rings. The summed E-state index contributed by atoms with van der Waals surface area (Å²) < 4.78 is 0. The molecule has 3 rings (SSSR count). The van der Waals surface area contributed by atoms with E-state index in [1.807, 2.05) is 36.4 Å². The summed E-state index contributed by atoms with van der Waals surface area (Å²) in [6.45, 7) is 7.05. The molecule has 0 aliphatic carbocycles. The van der Waals surface area contributed by atoms with Crippen molar-refractivity contribution in [3.05, 3.63) is 71.8 Å². The van der Waals surface area contributed by atoms with Gasteiger partial charge in [-0.2, -0.15) is 0 Å². The number of amides is 1. The molecule has 0 saturated carbocycles. The third kappa shape index (κ3) is 8.22. The first-order valence-electron chi connectivity index (χ1n) is 10.3. The van der Waals surface area contributed by atoms with Gasteiger partial charge in [0.2, 0.25) is 5.91 Å². The van der Waals surface area contributed by atoms with Crippen molar-refractivity contribution in [3.63, 3.8) is 0 Å². The van der Waals surface area contributed by atoms with Crippen molar-refractivity contribution in [3.8, 4) is 0 Å². The predicted molar refractivity (Wildman–Crippen MR) is 118 cm³/mol. The van der Waals surface area contributed by atoms with Crippen molar-refractivity contribution in [1.82, 2.24) is 10.2 Å². The Morgan fingerprint density at radius 2 is 1.29 bits per heavy atom. The first-order chi connectivity index (χ1) is 14.8. The molecule has 7 nitrogen and oxygen atoms in total. The van der Waals surface area contributed by atoms with Crippen LogP contribution in [-0.4, -0.2) is 52.6 Å². The van der Waals surface area contributed by atoms with E-state index < -0.39 is 11.9 Å². The third-order valence-corrected chi connectivity index (χ3v) is 5.07. The lowest BCUT2D eigenvalue weighted by atomic mass is 9.92. The minimum absolute atomic E-state index is 0.0963. The van der Waals surface area contributed by atoms with Gasteiger partial charge in [0.15, 0.2) is 0 Å². The summed E-state index contributed by atoms with van der Waals surface area (Å²) in [6.07, 6.45) is 1.26. The van der Waals surface area contributed by atoms with Crippen molar-refractivity contribution < 1.29 is 24.6 Å². The van der Waals surface area contributed by atoms with E-state index in [1.165, 1.54) is 6.42 Å². The average Bonchev–Trinajstić information content (AvgIpc) is 2.73. The van der Waals surface area contributed by atoms with Crippen molar-refractivity contribution in [2.45, 2.75) is 26.3 Å². The fraction of sp³-hybridized carbons (Fsp3) is 0.375. The van der Waals surface area contributed by atoms with Crippen molar-refractivity contribution in [2.75, 3.05) is 19.6 Å². The van der Waals surface area contributed by atoms with Gasteiger partial charge >= 0.3 is 11.9 Å². The average molecular weight is 427 g/mol. The van der Waals surface area contributed by atoms with Gasteiger partial charge in [-0.05, 0) is 29.4 Å². The molecule has 2 aromatic carbocycles. The molecule has 2 atom stereocenters. The SMILES string of the molecule is CC1CC(C)CN(CC(=O)NC(c2ccccc2)c2ccccc2)C1.O=C(O)C(=O)O. The Morgan fingerprint density at radius 3 is 1.68 bits per heavy atom. The number of rotatable bonds is 5. The molecule has 1 fully saturated rings. The maximum absolute atomic E-state index is 12.7. The van der Waals surface area contributed by atoms with Gasteiger partial charge in [0.05, 0.1) is 12.6 Å². The summed E-state index contributed by atoms with van der Waals surface area (Å²) in [5.41, 5.74) is 2.23. The zero-order valence-electron chi connectivity index (χ0n) is 17.9. The highest BCUT2D eigenvalue weighted by Crippen LogP contribution is 2.23. The van der Waals surface area contributed by atoms with Gasteiger partial charge in [0, 0.05) is 13.1 Å². The number of nitrogens with zero attached hydrogens (tertiary/aromatic N) is 1. The van der Waals surface area contributed by atoms with E-state index >= 15 is 0 Å². The van der Waals surface area contributed by atoms with Gasteiger partial charge in [-0.25, -0.2) is 9.59 Å². The van der Waals surface area contributed by atoms with Crippen LogP contribution in [0.4, 0.5) is 0 Å². The number of aliphatic carboxylic acids is 2. The highest BCUT2D eigenvalue weighted by Gasteiger charge is 2.24. The Morgan fingerprint density at radius 1 is 0.871 bits per heavy atom. The van der Waals surface area contributed by atoms with Crippen LogP contribution in [0.1, 0.15) is 37.4 Å². The van der Waals surface area contributed by atoms with Gasteiger partial charge in [0.1, 0.15) is 0 Å². The van der Waals surface area contributed by atoms with Gasteiger partial charge in [-0.1, -0.05) is 74.5 Å². The number of carbonyl (C=O) groups excluding carboxylic acids is 1. The summed E-state index contributed by atoms with van der Waals surface area (Å²) in [6, 6.07) is 20.3.